The minimum Gasteiger partial charge on any atom is -0.352 e. The molecule has 6 nitrogen and oxygen atoms in total. The van der Waals surface area contributed by atoms with Crippen LogP contribution in [0.3, 0.4) is 0 Å². The van der Waals surface area contributed by atoms with Crippen LogP contribution < -0.4 is 16.0 Å². The molecule has 0 heterocycles. The number of unbranched alkanes of at least 4 members (excludes halogenated alkanes) is 2. The van der Waals surface area contributed by atoms with Crippen molar-refractivity contribution in [3.63, 3.8) is 0 Å². The number of hydrogen-bond donors (Lipinski definition) is 3. The molecule has 27 heavy (non-hydrogen) atoms. The highest BCUT2D eigenvalue weighted by Gasteiger charge is 2.06. The van der Waals surface area contributed by atoms with Crippen LogP contribution in [-0.2, 0) is 6.54 Å². The van der Waals surface area contributed by atoms with Crippen LogP contribution in [0.4, 0.5) is 4.79 Å². The van der Waals surface area contributed by atoms with E-state index in [0.29, 0.717) is 31.2 Å². The molecule has 0 fully saturated rings. The Balaban J connectivity index is 2.21. The number of rotatable bonds is 12. The van der Waals surface area contributed by atoms with Crippen molar-refractivity contribution in [1.29, 1.82) is 0 Å². The third-order valence-electron chi connectivity index (χ3n) is 4.59. The number of urea groups is 1. The fourth-order valence-corrected chi connectivity index (χ4v) is 2.45. The summed E-state index contributed by atoms with van der Waals surface area (Å²) < 4.78 is 0. The second-order valence-corrected chi connectivity index (χ2v) is 7.20. The minimum absolute atomic E-state index is 0.0520. The van der Waals surface area contributed by atoms with Crippen LogP contribution in [0.2, 0.25) is 0 Å². The molecule has 0 spiro atoms. The number of carbonyl (C=O) groups excluding carboxylic acids is 2. The van der Waals surface area contributed by atoms with E-state index in [1.54, 1.807) is 12.1 Å². The van der Waals surface area contributed by atoms with E-state index >= 15 is 0 Å². The lowest BCUT2D eigenvalue weighted by atomic mass is 10.1. The Hall–Kier alpha value is -2.08. The number of nitrogens with one attached hydrogen (secondary N) is 3. The summed E-state index contributed by atoms with van der Waals surface area (Å²) in [6, 6.07) is 7.72. The topological polar surface area (TPSA) is 73.5 Å². The predicted octanol–water partition coefficient (Wildman–Crippen LogP) is 3.14. The molecule has 152 valence electrons. The van der Waals surface area contributed by atoms with Crippen LogP contribution in [0.15, 0.2) is 24.3 Å². The number of benzene rings is 1. The van der Waals surface area contributed by atoms with Crippen molar-refractivity contribution < 1.29 is 9.59 Å². The van der Waals surface area contributed by atoms with E-state index in [1.165, 1.54) is 0 Å². The average Bonchev–Trinajstić information content (AvgIpc) is 2.66. The summed E-state index contributed by atoms with van der Waals surface area (Å²) in [5, 5.41) is 8.62. The first kappa shape index (κ1) is 23.0. The van der Waals surface area contributed by atoms with Crippen molar-refractivity contribution in [2.75, 3.05) is 26.7 Å². The fraction of sp³-hybridized carbons (Fsp3) is 0.619. The lowest BCUT2D eigenvalue weighted by Crippen LogP contribution is -2.36. The number of nitrogens with zero attached hydrogens (tertiary/aromatic N) is 1. The zero-order chi connectivity index (χ0) is 20.1. The van der Waals surface area contributed by atoms with Gasteiger partial charge < -0.3 is 20.9 Å². The van der Waals surface area contributed by atoms with Crippen LogP contribution in [0, 0.1) is 0 Å². The van der Waals surface area contributed by atoms with E-state index in [0.717, 1.165) is 37.8 Å². The predicted molar refractivity (Wildman–Crippen MR) is 111 cm³/mol. The van der Waals surface area contributed by atoms with E-state index in [2.05, 4.69) is 48.7 Å². The molecule has 0 bridgehead atoms. The normalized spacial score (nSPS) is 10.9. The van der Waals surface area contributed by atoms with Gasteiger partial charge in [0.25, 0.3) is 5.91 Å². The fourth-order valence-electron chi connectivity index (χ4n) is 2.45. The Morgan fingerprint density at radius 2 is 1.63 bits per heavy atom. The van der Waals surface area contributed by atoms with Crippen molar-refractivity contribution in [3.8, 4) is 0 Å². The Morgan fingerprint density at radius 3 is 2.26 bits per heavy atom. The molecule has 3 amide bonds. The van der Waals surface area contributed by atoms with Gasteiger partial charge in [-0.2, -0.15) is 0 Å². The van der Waals surface area contributed by atoms with Gasteiger partial charge in [0.2, 0.25) is 0 Å². The largest absolute Gasteiger partial charge is 0.352 e. The van der Waals surface area contributed by atoms with Crippen molar-refractivity contribution in [2.45, 2.75) is 59.0 Å². The second kappa shape index (κ2) is 13.1. The van der Waals surface area contributed by atoms with E-state index < -0.39 is 0 Å². The Kier molecular flexibility index (Phi) is 11.2. The van der Waals surface area contributed by atoms with Crippen molar-refractivity contribution in [3.05, 3.63) is 35.4 Å². The highest BCUT2D eigenvalue weighted by molar-refractivity contribution is 5.94. The summed E-state index contributed by atoms with van der Waals surface area (Å²) in [5.74, 6) is -0.0520. The van der Waals surface area contributed by atoms with E-state index in [1.807, 2.05) is 12.1 Å². The summed E-state index contributed by atoms with van der Waals surface area (Å²) in [5.41, 5.74) is 1.61. The van der Waals surface area contributed by atoms with Crippen LogP contribution in [-0.4, -0.2) is 49.6 Å². The van der Waals surface area contributed by atoms with Gasteiger partial charge in [0.1, 0.15) is 0 Å². The lowest BCUT2D eigenvalue weighted by Gasteiger charge is -2.20. The monoisotopic (exact) mass is 376 g/mol. The molecule has 0 radical (unpaired) electrons. The maximum atomic E-state index is 12.0. The zero-order valence-electron chi connectivity index (χ0n) is 17.3. The van der Waals surface area contributed by atoms with Gasteiger partial charge in [-0.25, -0.2) is 4.79 Å². The van der Waals surface area contributed by atoms with Crippen molar-refractivity contribution in [2.24, 2.45) is 0 Å². The molecule has 0 saturated carbocycles. The molecule has 0 saturated heterocycles. The molecular formula is C21H36N4O2. The molecular weight excluding hydrogens is 340 g/mol. The van der Waals surface area contributed by atoms with Crippen molar-refractivity contribution in [1.82, 2.24) is 20.9 Å². The maximum Gasteiger partial charge on any atom is 0.315 e. The third-order valence-corrected chi connectivity index (χ3v) is 4.59. The Bertz CT molecular complexity index is 558. The van der Waals surface area contributed by atoms with Crippen LogP contribution in [0.1, 0.15) is 62.4 Å². The summed E-state index contributed by atoms with van der Waals surface area (Å²) in [7, 11) is 2.12. The molecule has 3 N–H and O–H groups in total. The number of amides is 3. The van der Waals surface area contributed by atoms with Gasteiger partial charge in [-0.3, -0.25) is 4.79 Å². The summed E-state index contributed by atoms with van der Waals surface area (Å²) in [4.78, 5) is 26.1. The van der Waals surface area contributed by atoms with Gasteiger partial charge in [-0.15, -0.1) is 0 Å². The smallest absolute Gasteiger partial charge is 0.315 e. The molecule has 1 rings (SSSR count). The molecule has 0 aliphatic heterocycles. The highest BCUT2D eigenvalue weighted by Crippen LogP contribution is 2.04. The highest BCUT2D eigenvalue weighted by atomic mass is 16.2. The molecule has 1 aromatic rings. The molecule has 0 atom stereocenters. The van der Waals surface area contributed by atoms with E-state index in [9.17, 15) is 9.59 Å². The Morgan fingerprint density at radius 1 is 0.963 bits per heavy atom. The quantitative estimate of drug-likeness (QED) is 0.491. The molecule has 0 unspecified atom stereocenters. The van der Waals surface area contributed by atoms with Gasteiger partial charge in [-0.1, -0.05) is 25.5 Å². The first-order chi connectivity index (χ1) is 12.9. The van der Waals surface area contributed by atoms with Gasteiger partial charge in [0.05, 0.1) is 0 Å². The lowest BCUT2D eigenvalue weighted by molar-refractivity contribution is 0.0953. The van der Waals surface area contributed by atoms with Crippen molar-refractivity contribution >= 4 is 11.9 Å². The molecule has 0 aliphatic carbocycles. The van der Waals surface area contributed by atoms with Gasteiger partial charge in [0.15, 0.2) is 0 Å². The second-order valence-electron chi connectivity index (χ2n) is 7.20. The maximum absolute atomic E-state index is 12.0. The van der Waals surface area contributed by atoms with E-state index in [4.69, 9.17) is 0 Å². The standard InChI is InChI=1S/C21H36N4O2/c1-5-6-13-22-20(26)19-11-9-18(10-12-19)16-24-21(27)23-14-7-8-15-25(4)17(2)3/h9-12,17H,5-8,13-16H2,1-4H3,(H,22,26)(H2,23,24,27). The first-order valence-corrected chi connectivity index (χ1v) is 10.0. The first-order valence-electron chi connectivity index (χ1n) is 10.0. The van der Waals surface area contributed by atoms with Gasteiger partial charge >= 0.3 is 6.03 Å². The van der Waals surface area contributed by atoms with Crippen LogP contribution in [0.5, 0.6) is 0 Å². The summed E-state index contributed by atoms with van der Waals surface area (Å²) >= 11 is 0. The van der Waals surface area contributed by atoms with Crippen LogP contribution in [0.25, 0.3) is 0 Å². The van der Waals surface area contributed by atoms with Gasteiger partial charge in [0, 0.05) is 31.2 Å². The average molecular weight is 377 g/mol. The summed E-state index contributed by atoms with van der Waals surface area (Å²) in [6.45, 7) is 9.31. The molecule has 0 aromatic heterocycles. The SMILES string of the molecule is CCCCNC(=O)c1ccc(CNC(=O)NCCCCN(C)C(C)C)cc1. The molecule has 0 aliphatic rings. The minimum atomic E-state index is -0.159. The van der Waals surface area contributed by atoms with Crippen LogP contribution >= 0.6 is 0 Å². The third kappa shape index (κ3) is 9.99. The molecule has 1 aromatic carbocycles. The number of hydrogen-bond acceptors (Lipinski definition) is 3. The number of carbonyl (C=O) groups is 2. The summed E-state index contributed by atoms with van der Waals surface area (Å²) in [6.07, 6.45) is 4.07. The van der Waals surface area contributed by atoms with E-state index in [-0.39, 0.29) is 11.9 Å². The molecule has 6 heteroatoms. The zero-order valence-corrected chi connectivity index (χ0v) is 17.3. The van der Waals surface area contributed by atoms with Gasteiger partial charge in [-0.05, 0) is 64.4 Å². The Labute approximate surface area is 164 Å².